The van der Waals surface area contributed by atoms with Gasteiger partial charge in [-0.25, -0.2) is 0 Å². The number of nitrogens with one attached hydrogen (secondary N) is 2. The fourth-order valence-electron chi connectivity index (χ4n) is 2.21. The average molecular weight is 212 g/mol. The highest BCUT2D eigenvalue weighted by molar-refractivity contribution is 5.78. The van der Waals surface area contributed by atoms with Crippen molar-refractivity contribution in [2.45, 2.75) is 39.0 Å². The van der Waals surface area contributed by atoms with Crippen LogP contribution in [0.2, 0.25) is 0 Å². The van der Waals surface area contributed by atoms with Crippen LogP contribution in [0.5, 0.6) is 0 Å². The van der Waals surface area contributed by atoms with Crippen LogP contribution in [-0.4, -0.2) is 26.0 Å². The van der Waals surface area contributed by atoms with E-state index in [0.717, 1.165) is 19.0 Å². The van der Waals surface area contributed by atoms with Crippen LogP contribution in [0.25, 0.3) is 0 Å². The highest BCUT2D eigenvalue weighted by Gasteiger charge is 2.16. The van der Waals surface area contributed by atoms with E-state index in [1.54, 1.807) is 0 Å². The highest BCUT2D eigenvalue weighted by Crippen LogP contribution is 2.22. The Bertz CT molecular complexity index is 188. The second-order valence-electron chi connectivity index (χ2n) is 4.71. The van der Waals surface area contributed by atoms with E-state index in [1.165, 1.54) is 32.1 Å². The Kier molecular flexibility index (Phi) is 5.69. The zero-order valence-electron chi connectivity index (χ0n) is 10.0. The van der Waals surface area contributed by atoms with Gasteiger partial charge in [-0.1, -0.05) is 26.2 Å². The van der Waals surface area contributed by atoms with Crippen LogP contribution in [0.15, 0.2) is 0 Å². The van der Waals surface area contributed by atoms with Gasteiger partial charge in [0.25, 0.3) is 0 Å². The third-order valence-electron chi connectivity index (χ3n) is 3.25. The van der Waals surface area contributed by atoms with Crippen LogP contribution < -0.4 is 10.6 Å². The van der Waals surface area contributed by atoms with Gasteiger partial charge in [-0.3, -0.25) is 4.79 Å². The van der Waals surface area contributed by atoms with Gasteiger partial charge < -0.3 is 10.6 Å². The van der Waals surface area contributed by atoms with E-state index in [4.69, 9.17) is 0 Å². The largest absolute Gasteiger partial charge is 0.356 e. The van der Waals surface area contributed by atoms with Gasteiger partial charge in [0, 0.05) is 19.0 Å². The molecule has 0 saturated heterocycles. The molecule has 0 spiro atoms. The standard InChI is InChI=1S/C12H24N2O/c1-10(8-13-2)12(15)14-9-11-6-4-3-5-7-11/h10-11,13H,3-9H2,1-2H3,(H,14,15). The van der Waals surface area contributed by atoms with Gasteiger partial charge in [-0.05, 0) is 25.8 Å². The van der Waals surface area contributed by atoms with E-state index in [-0.39, 0.29) is 11.8 Å². The van der Waals surface area contributed by atoms with Gasteiger partial charge in [0.15, 0.2) is 0 Å². The number of hydrogen-bond donors (Lipinski definition) is 2. The number of carbonyl (C=O) groups is 1. The maximum atomic E-state index is 11.6. The Morgan fingerprint density at radius 2 is 2.00 bits per heavy atom. The van der Waals surface area contributed by atoms with E-state index in [1.807, 2.05) is 14.0 Å². The molecule has 0 radical (unpaired) electrons. The summed E-state index contributed by atoms with van der Waals surface area (Å²) in [5.74, 6) is 0.998. The van der Waals surface area contributed by atoms with Crippen LogP contribution in [0.3, 0.4) is 0 Å². The minimum atomic E-state index is 0.0820. The lowest BCUT2D eigenvalue weighted by Crippen LogP contribution is -2.37. The topological polar surface area (TPSA) is 41.1 Å². The van der Waals surface area contributed by atoms with Gasteiger partial charge in [0.2, 0.25) is 5.91 Å². The van der Waals surface area contributed by atoms with Gasteiger partial charge in [0.05, 0.1) is 0 Å². The summed E-state index contributed by atoms with van der Waals surface area (Å²) in [5.41, 5.74) is 0. The first-order valence-electron chi connectivity index (χ1n) is 6.16. The summed E-state index contributed by atoms with van der Waals surface area (Å²) in [4.78, 5) is 11.6. The summed E-state index contributed by atoms with van der Waals surface area (Å²) < 4.78 is 0. The number of rotatable bonds is 5. The monoisotopic (exact) mass is 212 g/mol. The third-order valence-corrected chi connectivity index (χ3v) is 3.25. The highest BCUT2D eigenvalue weighted by atomic mass is 16.1. The van der Waals surface area contributed by atoms with Crippen molar-refractivity contribution in [3.05, 3.63) is 0 Å². The predicted molar refractivity (Wildman–Crippen MR) is 62.7 cm³/mol. The van der Waals surface area contributed by atoms with Gasteiger partial charge in [-0.15, -0.1) is 0 Å². The first-order chi connectivity index (χ1) is 7.24. The van der Waals surface area contributed by atoms with Crippen LogP contribution in [-0.2, 0) is 4.79 Å². The maximum Gasteiger partial charge on any atom is 0.224 e. The fraction of sp³-hybridized carbons (Fsp3) is 0.917. The molecule has 1 saturated carbocycles. The average Bonchev–Trinajstić information content (AvgIpc) is 2.27. The van der Waals surface area contributed by atoms with Crippen LogP contribution in [0.4, 0.5) is 0 Å². The summed E-state index contributed by atoms with van der Waals surface area (Å²) in [5, 5.41) is 6.08. The normalized spacial score (nSPS) is 19.9. The molecular formula is C12H24N2O. The molecule has 1 rings (SSSR count). The molecule has 2 N–H and O–H groups in total. The molecule has 0 aromatic rings. The molecular weight excluding hydrogens is 188 g/mol. The van der Waals surface area contributed by atoms with Gasteiger partial charge in [0.1, 0.15) is 0 Å². The molecule has 0 aromatic heterocycles. The van der Waals surface area contributed by atoms with Crippen LogP contribution >= 0.6 is 0 Å². The Balaban J connectivity index is 2.14. The predicted octanol–water partition coefficient (Wildman–Crippen LogP) is 1.54. The molecule has 1 aliphatic rings. The summed E-state index contributed by atoms with van der Waals surface area (Å²) in [6, 6.07) is 0. The zero-order valence-corrected chi connectivity index (χ0v) is 10.0. The summed E-state index contributed by atoms with van der Waals surface area (Å²) in [6.07, 6.45) is 6.64. The minimum absolute atomic E-state index is 0.0820. The van der Waals surface area contributed by atoms with Crippen molar-refractivity contribution in [1.29, 1.82) is 0 Å². The summed E-state index contributed by atoms with van der Waals surface area (Å²) in [6.45, 7) is 3.61. The van der Waals surface area contributed by atoms with E-state index < -0.39 is 0 Å². The molecule has 3 heteroatoms. The first-order valence-corrected chi connectivity index (χ1v) is 6.16. The maximum absolute atomic E-state index is 11.6. The summed E-state index contributed by atoms with van der Waals surface area (Å²) in [7, 11) is 1.88. The molecule has 15 heavy (non-hydrogen) atoms. The lowest BCUT2D eigenvalue weighted by molar-refractivity contribution is -0.124. The Morgan fingerprint density at radius 3 is 2.60 bits per heavy atom. The molecule has 0 bridgehead atoms. The lowest BCUT2D eigenvalue weighted by Gasteiger charge is -2.22. The molecule has 1 amide bonds. The molecule has 3 nitrogen and oxygen atoms in total. The van der Waals surface area contributed by atoms with Crippen molar-refractivity contribution < 1.29 is 4.79 Å². The SMILES string of the molecule is CNCC(C)C(=O)NCC1CCCCC1. The molecule has 1 unspecified atom stereocenters. The molecule has 1 fully saturated rings. The molecule has 0 heterocycles. The van der Waals surface area contributed by atoms with E-state index in [9.17, 15) is 4.79 Å². The first kappa shape index (κ1) is 12.5. The molecule has 88 valence electrons. The van der Waals surface area contributed by atoms with Crippen molar-refractivity contribution in [3.8, 4) is 0 Å². The molecule has 1 aliphatic carbocycles. The van der Waals surface area contributed by atoms with E-state index >= 15 is 0 Å². The van der Waals surface area contributed by atoms with Crippen molar-refractivity contribution in [2.75, 3.05) is 20.1 Å². The van der Waals surface area contributed by atoms with Gasteiger partial charge in [-0.2, -0.15) is 0 Å². The fourth-order valence-corrected chi connectivity index (χ4v) is 2.21. The number of hydrogen-bond acceptors (Lipinski definition) is 2. The quantitative estimate of drug-likeness (QED) is 0.726. The Hall–Kier alpha value is -0.570. The second-order valence-corrected chi connectivity index (χ2v) is 4.71. The molecule has 0 aromatic carbocycles. The smallest absolute Gasteiger partial charge is 0.224 e. The van der Waals surface area contributed by atoms with Gasteiger partial charge >= 0.3 is 0 Å². The zero-order chi connectivity index (χ0) is 11.1. The molecule has 1 atom stereocenters. The van der Waals surface area contributed by atoms with E-state index in [0.29, 0.717) is 0 Å². The van der Waals surface area contributed by atoms with Crippen LogP contribution in [0, 0.1) is 11.8 Å². The van der Waals surface area contributed by atoms with Crippen molar-refractivity contribution >= 4 is 5.91 Å². The Labute approximate surface area is 93.0 Å². The third kappa shape index (κ3) is 4.65. The summed E-state index contributed by atoms with van der Waals surface area (Å²) >= 11 is 0. The minimum Gasteiger partial charge on any atom is -0.356 e. The Morgan fingerprint density at radius 1 is 1.33 bits per heavy atom. The van der Waals surface area contributed by atoms with Crippen molar-refractivity contribution in [3.63, 3.8) is 0 Å². The number of amides is 1. The number of carbonyl (C=O) groups excluding carboxylic acids is 1. The van der Waals surface area contributed by atoms with E-state index in [2.05, 4.69) is 10.6 Å². The second kappa shape index (κ2) is 6.83. The van der Waals surface area contributed by atoms with Crippen molar-refractivity contribution in [1.82, 2.24) is 10.6 Å². The van der Waals surface area contributed by atoms with Crippen LogP contribution in [0.1, 0.15) is 39.0 Å². The van der Waals surface area contributed by atoms with Crippen molar-refractivity contribution in [2.24, 2.45) is 11.8 Å². The molecule has 0 aliphatic heterocycles. The lowest BCUT2D eigenvalue weighted by atomic mass is 9.89.